The lowest BCUT2D eigenvalue weighted by Gasteiger charge is -2.15. The first-order valence-corrected chi connectivity index (χ1v) is 27.7. The molecule has 68 heavy (non-hydrogen) atoms. The summed E-state index contributed by atoms with van der Waals surface area (Å²) >= 11 is 0. The molecule has 0 spiro atoms. The van der Waals surface area contributed by atoms with Crippen molar-refractivity contribution in [3.8, 4) is 0 Å². The molecule has 0 saturated heterocycles. The van der Waals surface area contributed by atoms with E-state index < -0.39 is 6.10 Å². The van der Waals surface area contributed by atoms with Gasteiger partial charge < -0.3 is 14.6 Å². The Kier molecular flexibility index (Phi) is 54.0. The number of rotatable bonds is 49. The second-order valence-electron chi connectivity index (χ2n) is 17.9. The molecule has 0 saturated carbocycles. The van der Waals surface area contributed by atoms with E-state index in [4.69, 9.17) is 9.47 Å². The van der Waals surface area contributed by atoms with E-state index in [1.54, 1.807) is 0 Å². The summed E-state index contributed by atoms with van der Waals surface area (Å²) in [6.45, 7) is 4.00. The largest absolute Gasteiger partial charge is 0.462 e. The van der Waals surface area contributed by atoms with Gasteiger partial charge in [0.05, 0.1) is 6.61 Å². The van der Waals surface area contributed by atoms with Crippen LogP contribution in [0.1, 0.15) is 232 Å². The van der Waals surface area contributed by atoms with Crippen LogP contribution in [0.3, 0.4) is 0 Å². The topological polar surface area (TPSA) is 72.8 Å². The molecular weight excluding hydrogens is 837 g/mol. The van der Waals surface area contributed by atoms with Crippen LogP contribution < -0.4 is 0 Å². The summed E-state index contributed by atoms with van der Waals surface area (Å²) in [4.78, 5) is 24.5. The number of esters is 2. The standard InChI is InChI=1S/C63H102O5/c1-3-5-7-9-11-13-15-17-19-21-23-24-25-26-27-28-29-30-31-32-33-34-35-36-37-38-40-42-44-46-48-50-52-54-56-58-63(66)68-61(59-64)60-67-62(65)57-55-53-51-49-47-45-43-41-39-22-20-18-16-14-12-10-8-6-4-2/h5,7,11,13,17-20,23-24,26-27,29-30,32-33,35-36,38,40,44,46,61,64H,3-4,6,8-10,12,14-16,21-22,25,28,31,34,37,39,41-43,45,47-60H2,1-2H3/b7-5-,13-11-,19-17-,20-18-,24-23-,27-26-,30-29-,33-32-,36-35-,40-38-,46-44-. The van der Waals surface area contributed by atoms with Crippen molar-refractivity contribution >= 4 is 11.9 Å². The molecule has 0 bridgehead atoms. The highest BCUT2D eigenvalue weighted by atomic mass is 16.6. The Morgan fingerprint density at radius 3 is 0.971 bits per heavy atom. The number of hydrogen-bond donors (Lipinski definition) is 1. The monoisotopic (exact) mass is 939 g/mol. The van der Waals surface area contributed by atoms with E-state index >= 15 is 0 Å². The van der Waals surface area contributed by atoms with Crippen molar-refractivity contribution in [1.29, 1.82) is 0 Å². The molecule has 0 aliphatic heterocycles. The van der Waals surface area contributed by atoms with Crippen molar-refractivity contribution in [1.82, 2.24) is 0 Å². The summed E-state index contributed by atoms with van der Waals surface area (Å²) in [5.41, 5.74) is 0. The Bertz CT molecular complexity index is 1430. The van der Waals surface area contributed by atoms with Crippen LogP contribution in [0.25, 0.3) is 0 Å². The zero-order valence-corrected chi connectivity index (χ0v) is 43.8. The van der Waals surface area contributed by atoms with Gasteiger partial charge in [-0.25, -0.2) is 0 Å². The number of carbonyl (C=O) groups is 2. The van der Waals surface area contributed by atoms with Crippen molar-refractivity contribution in [2.45, 2.75) is 238 Å². The summed E-state index contributed by atoms with van der Waals surface area (Å²) in [6, 6.07) is 0. The smallest absolute Gasteiger partial charge is 0.306 e. The molecule has 0 aromatic rings. The van der Waals surface area contributed by atoms with Crippen molar-refractivity contribution in [3.05, 3.63) is 134 Å². The van der Waals surface area contributed by atoms with Gasteiger partial charge in [-0.05, 0) is 116 Å². The quantitative estimate of drug-likeness (QED) is 0.0374. The van der Waals surface area contributed by atoms with E-state index in [9.17, 15) is 14.7 Å². The Morgan fingerprint density at radius 2 is 0.632 bits per heavy atom. The van der Waals surface area contributed by atoms with Crippen LogP contribution in [0.2, 0.25) is 0 Å². The Hall–Kier alpha value is -3.96. The first-order chi connectivity index (χ1) is 33.6. The van der Waals surface area contributed by atoms with Crippen LogP contribution in [0, 0.1) is 0 Å². The van der Waals surface area contributed by atoms with E-state index in [1.165, 1.54) is 89.9 Å². The number of aliphatic hydroxyl groups is 1. The molecule has 0 aromatic carbocycles. The van der Waals surface area contributed by atoms with Crippen molar-refractivity contribution in [2.24, 2.45) is 0 Å². The highest BCUT2D eigenvalue weighted by molar-refractivity contribution is 5.70. The molecule has 5 heteroatoms. The zero-order valence-electron chi connectivity index (χ0n) is 43.8. The van der Waals surface area contributed by atoms with Gasteiger partial charge in [-0.3, -0.25) is 9.59 Å². The summed E-state index contributed by atoms with van der Waals surface area (Å²) in [5.74, 6) is -0.628. The van der Waals surface area contributed by atoms with Crippen LogP contribution >= 0.6 is 0 Å². The molecule has 1 atom stereocenters. The molecule has 0 aliphatic rings. The van der Waals surface area contributed by atoms with Gasteiger partial charge in [0.25, 0.3) is 0 Å². The summed E-state index contributed by atoms with van der Waals surface area (Å²) in [7, 11) is 0. The predicted octanol–water partition coefficient (Wildman–Crippen LogP) is 18.9. The van der Waals surface area contributed by atoms with Crippen LogP contribution in [0.15, 0.2) is 134 Å². The number of ether oxygens (including phenoxy) is 2. The fourth-order valence-electron chi connectivity index (χ4n) is 7.28. The lowest BCUT2D eigenvalue weighted by Crippen LogP contribution is -2.28. The molecule has 0 rings (SSSR count). The maximum Gasteiger partial charge on any atom is 0.306 e. The van der Waals surface area contributed by atoms with Gasteiger partial charge >= 0.3 is 11.9 Å². The molecule has 0 heterocycles. The van der Waals surface area contributed by atoms with Crippen molar-refractivity contribution in [3.63, 3.8) is 0 Å². The van der Waals surface area contributed by atoms with Gasteiger partial charge in [-0.1, -0.05) is 237 Å². The molecule has 1 unspecified atom stereocenters. The minimum Gasteiger partial charge on any atom is -0.462 e. The fraction of sp³-hybridized carbons (Fsp3) is 0.619. The number of unbranched alkanes of at least 4 members (excludes halogenated alkanes) is 19. The van der Waals surface area contributed by atoms with Crippen LogP contribution in [-0.4, -0.2) is 36.4 Å². The SMILES string of the molecule is CC/C=C\C/C=C\C/C=C\C/C=C\C/C=C\C/C=C\C/C=C\C/C=C\C/C=C\C/C=C\CCCCCCC(=O)OC(CO)COC(=O)CCCCCCCCCCC/C=C\CCCCCCCC. The van der Waals surface area contributed by atoms with Crippen molar-refractivity contribution < 1.29 is 24.2 Å². The third-order valence-corrected chi connectivity index (χ3v) is 11.4. The molecule has 1 N–H and O–H groups in total. The summed E-state index contributed by atoms with van der Waals surface area (Å²) in [6.07, 6.45) is 85.5. The minimum absolute atomic E-state index is 0.0847. The number of hydrogen-bond acceptors (Lipinski definition) is 5. The zero-order chi connectivity index (χ0) is 49.2. The van der Waals surface area contributed by atoms with Gasteiger partial charge in [-0.15, -0.1) is 0 Å². The third kappa shape index (κ3) is 54.6. The highest BCUT2D eigenvalue weighted by Crippen LogP contribution is 2.14. The second-order valence-corrected chi connectivity index (χ2v) is 17.9. The van der Waals surface area contributed by atoms with E-state index in [-0.39, 0.29) is 25.2 Å². The van der Waals surface area contributed by atoms with E-state index in [0.29, 0.717) is 12.8 Å². The third-order valence-electron chi connectivity index (χ3n) is 11.4. The molecule has 0 aliphatic carbocycles. The molecule has 384 valence electrons. The van der Waals surface area contributed by atoms with Gasteiger partial charge in [0.1, 0.15) is 6.61 Å². The maximum absolute atomic E-state index is 12.3. The minimum atomic E-state index is -0.796. The maximum atomic E-state index is 12.3. The molecule has 5 nitrogen and oxygen atoms in total. The molecular formula is C63H102O5. The van der Waals surface area contributed by atoms with Crippen molar-refractivity contribution in [2.75, 3.05) is 13.2 Å². The first-order valence-electron chi connectivity index (χ1n) is 27.7. The van der Waals surface area contributed by atoms with Gasteiger partial charge in [-0.2, -0.15) is 0 Å². The molecule has 0 amide bonds. The average Bonchev–Trinajstić information content (AvgIpc) is 3.34. The molecule has 0 radical (unpaired) electrons. The molecule has 0 fully saturated rings. The Morgan fingerprint density at radius 1 is 0.353 bits per heavy atom. The molecule has 0 aromatic heterocycles. The number of carbonyl (C=O) groups excluding carboxylic acids is 2. The Balaban J connectivity index is 3.65. The van der Waals surface area contributed by atoms with Crippen LogP contribution in [0.5, 0.6) is 0 Å². The van der Waals surface area contributed by atoms with E-state index in [0.717, 1.165) is 116 Å². The van der Waals surface area contributed by atoms with Gasteiger partial charge in [0.2, 0.25) is 0 Å². The van der Waals surface area contributed by atoms with Gasteiger partial charge in [0, 0.05) is 12.8 Å². The average molecular weight is 940 g/mol. The van der Waals surface area contributed by atoms with Crippen LogP contribution in [0.4, 0.5) is 0 Å². The van der Waals surface area contributed by atoms with Crippen LogP contribution in [-0.2, 0) is 19.1 Å². The number of aliphatic hydroxyl groups excluding tert-OH is 1. The second kappa shape index (κ2) is 57.4. The predicted molar refractivity (Wildman–Crippen MR) is 297 cm³/mol. The lowest BCUT2D eigenvalue weighted by molar-refractivity contribution is -0.161. The first kappa shape index (κ1) is 64.0. The lowest BCUT2D eigenvalue weighted by atomic mass is 10.1. The summed E-state index contributed by atoms with van der Waals surface area (Å²) in [5, 5.41) is 9.64. The van der Waals surface area contributed by atoms with E-state index in [2.05, 4.69) is 148 Å². The Labute approximate surface area is 419 Å². The normalized spacial score (nSPS) is 13.3. The number of allylic oxidation sites excluding steroid dienone is 22. The van der Waals surface area contributed by atoms with Gasteiger partial charge in [0.15, 0.2) is 6.10 Å². The fourth-order valence-corrected chi connectivity index (χ4v) is 7.28. The summed E-state index contributed by atoms with van der Waals surface area (Å²) < 4.78 is 10.7. The van der Waals surface area contributed by atoms with E-state index in [1.807, 2.05) is 0 Å². The highest BCUT2D eigenvalue weighted by Gasteiger charge is 2.16.